The van der Waals surface area contributed by atoms with E-state index in [9.17, 15) is 9.59 Å². The van der Waals surface area contributed by atoms with E-state index in [1.807, 2.05) is 39.0 Å². The zero-order valence-corrected chi connectivity index (χ0v) is 18.0. The summed E-state index contributed by atoms with van der Waals surface area (Å²) in [4.78, 5) is 25.9. The fraction of sp³-hybridized carbons (Fsp3) is 0.500. The largest absolute Gasteiger partial charge is 0.348 e. The summed E-state index contributed by atoms with van der Waals surface area (Å²) in [6, 6.07) is 7.60. The van der Waals surface area contributed by atoms with Crippen molar-refractivity contribution in [1.82, 2.24) is 4.57 Å². The van der Waals surface area contributed by atoms with E-state index in [0.717, 1.165) is 54.0 Å². The van der Waals surface area contributed by atoms with Crippen molar-refractivity contribution in [2.45, 2.75) is 79.7 Å². The number of carbonyl (C=O) groups is 1. The molecule has 152 valence electrons. The molecule has 1 aromatic carbocycles. The smallest absolute Gasteiger partial charge is 0.261 e. The SMILES string of the molecule is CCCCCCn1c(C)cc(=O)c(C(=O)Nc2c(C)cccc2CC)c1CC. The van der Waals surface area contributed by atoms with Gasteiger partial charge in [0.05, 0.1) is 0 Å². The molecule has 28 heavy (non-hydrogen) atoms. The molecule has 4 heteroatoms. The van der Waals surface area contributed by atoms with E-state index in [2.05, 4.69) is 23.7 Å². The third-order valence-corrected chi connectivity index (χ3v) is 5.40. The van der Waals surface area contributed by atoms with Gasteiger partial charge >= 0.3 is 0 Å². The number of hydrogen-bond acceptors (Lipinski definition) is 2. The molecule has 0 bridgehead atoms. The fourth-order valence-electron chi connectivity index (χ4n) is 3.83. The number of amides is 1. The van der Waals surface area contributed by atoms with Gasteiger partial charge in [-0.05, 0) is 44.2 Å². The van der Waals surface area contributed by atoms with Crippen molar-refractivity contribution in [2.75, 3.05) is 5.32 Å². The molecular weight excluding hydrogens is 348 g/mol. The van der Waals surface area contributed by atoms with Crippen LogP contribution in [-0.4, -0.2) is 10.5 Å². The van der Waals surface area contributed by atoms with Crippen molar-refractivity contribution < 1.29 is 4.79 Å². The number of rotatable bonds is 9. The molecule has 0 aliphatic carbocycles. The zero-order valence-electron chi connectivity index (χ0n) is 18.0. The van der Waals surface area contributed by atoms with Crippen LogP contribution in [0, 0.1) is 13.8 Å². The Hall–Kier alpha value is -2.36. The summed E-state index contributed by atoms with van der Waals surface area (Å²) >= 11 is 0. The molecule has 0 atom stereocenters. The van der Waals surface area contributed by atoms with E-state index in [1.165, 1.54) is 12.8 Å². The summed E-state index contributed by atoms with van der Waals surface area (Å²) < 4.78 is 2.16. The van der Waals surface area contributed by atoms with Gasteiger partial charge in [-0.15, -0.1) is 0 Å². The number of benzene rings is 1. The summed E-state index contributed by atoms with van der Waals surface area (Å²) in [5.41, 5.74) is 4.78. The second-order valence-electron chi connectivity index (χ2n) is 7.45. The molecule has 4 nitrogen and oxygen atoms in total. The van der Waals surface area contributed by atoms with Gasteiger partial charge in [0, 0.05) is 29.7 Å². The Bertz CT molecular complexity index is 881. The maximum absolute atomic E-state index is 13.2. The molecule has 1 amide bonds. The molecule has 1 N–H and O–H groups in total. The Labute approximate surface area is 169 Å². The molecule has 1 heterocycles. The molecule has 0 fully saturated rings. The van der Waals surface area contributed by atoms with Crippen molar-refractivity contribution >= 4 is 11.6 Å². The maximum Gasteiger partial charge on any atom is 0.261 e. The monoisotopic (exact) mass is 382 g/mol. The Morgan fingerprint density at radius 3 is 2.43 bits per heavy atom. The zero-order chi connectivity index (χ0) is 20.7. The predicted octanol–water partition coefficient (Wildman–Crippen LogP) is 5.42. The van der Waals surface area contributed by atoms with E-state index in [0.29, 0.717) is 6.42 Å². The Balaban J connectivity index is 2.41. The number of carbonyl (C=O) groups excluding carboxylic acids is 1. The summed E-state index contributed by atoms with van der Waals surface area (Å²) in [6.07, 6.45) is 6.10. The van der Waals surface area contributed by atoms with Crippen molar-refractivity contribution in [3.8, 4) is 0 Å². The maximum atomic E-state index is 13.2. The van der Waals surface area contributed by atoms with Crippen LogP contribution in [0.1, 0.15) is 79.3 Å². The minimum absolute atomic E-state index is 0.191. The van der Waals surface area contributed by atoms with Gasteiger partial charge in [-0.2, -0.15) is 0 Å². The van der Waals surface area contributed by atoms with Gasteiger partial charge in [-0.25, -0.2) is 0 Å². The summed E-state index contributed by atoms with van der Waals surface area (Å²) in [5.74, 6) is -0.298. The lowest BCUT2D eigenvalue weighted by Crippen LogP contribution is -2.28. The first kappa shape index (κ1) is 21.9. The lowest BCUT2D eigenvalue weighted by atomic mass is 10.0. The number of aryl methyl sites for hydroxylation is 3. The topological polar surface area (TPSA) is 51.1 Å². The van der Waals surface area contributed by atoms with Gasteiger partial charge in [-0.3, -0.25) is 9.59 Å². The summed E-state index contributed by atoms with van der Waals surface area (Å²) in [5, 5.41) is 3.03. The van der Waals surface area contributed by atoms with Gasteiger partial charge in [0.15, 0.2) is 5.43 Å². The molecule has 2 rings (SSSR count). The third-order valence-electron chi connectivity index (χ3n) is 5.40. The van der Waals surface area contributed by atoms with Crippen LogP contribution in [-0.2, 0) is 19.4 Å². The molecule has 0 aliphatic heterocycles. The highest BCUT2D eigenvalue weighted by atomic mass is 16.2. The van der Waals surface area contributed by atoms with E-state index in [-0.39, 0.29) is 16.9 Å². The first-order valence-electron chi connectivity index (χ1n) is 10.6. The molecule has 0 saturated heterocycles. The van der Waals surface area contributed by atoms with Crippen LogP contribution in [0.15, 0.2) is 29.1 Å². The number of hydrogen-bond donors (Lipinski definition) is 1. The van der Waals surface area contributed by atoms with Crippen molar-refractivity contribution in [2.24, 2.45) is 0 Å². The van der Waals surface area contributed by atoms with Gasteiger partial charge in [0.25, 0.3) is 5.91 Å². The average Bonchev–Trinajstić information content (AvgIpc) is 2.67. The normalized spacial score (nSPS) is 10.9. The molecule has 0 spiro atoms. The van der Waals surface area contributed by atoms with Crippen LogP contribution in [0.4, 0.5) is 5.69 Å². The molecule has 2 aromatic rings. The standard InChI is InChI=1S/C24H34N2O2/c1-6-9-10-11-15-26-18(5)16-21(27)22(20(26)8-3)24(28)25-23-17(4)13-12-14-19(23)7-2/h12-14,16H,6-11,15H2,1-5H3,(H,25,28). The van der Waals surface area contributed by atoms with Crippen LogP contribution in [0.3, 0.4) is 0 Å². The molecule has 0 radical (unpaired) electrons. The van der Waals surface area contributed by atoms with Gasteiger partial charge in [0.2, 0.25) is 0 Å². The molecular formula is C24H34N2O2. The molecule has 0 aliphatic rings. The molecule has 0 saturated carbocycles. The highest BCUT2D eigenvalue weighted by Crippen LogP contribution is 2.22. The van der Waals surface area contributed by atoms with E-state index in [1.54, 1.807) is 6.07 Å². The number of nitrogens with zero attached hydrogens (tertiary/aromatic N) is 1. The van der Waals surface area contributed by atoms with Crippen LogP contribution >= 0.6 is 0 Å². The number of aromatic nitrogens is 1. The van der Waals surface area contributed by atoms with Crippen molar-refractivity contribution in [1.29, 1.82) is 0 Å². The van der Waals surface area contributed by atoms with Crippen LogP contribution in [0.2, 0.25) is 0 Å². The third kappa shape index (κ3) is 4.92. The van der Waals surface area contributed by atoms with Crippen LogP contribution in [0.5, 0.6) is 0 Å². The first-order chi connectivity index (χ1) is 13.4. The number of pyridine rings is 1. The molecule has 0 unspecified atom stereocenters. The second kappa shape index (κ2) is 10.3. The highest BCUT2D eigenvalue weighted by Gasteiger charge is 2.20. The average molecular weight is 383 g/mol. The van der Waals surface area contributed by atoms with E-state index >= 15 is 0 Å². The lowest BCUT2D eigenvalue weighted by molar-refractivity contribution is 0.102. The Morgan fingerprint density at radius 1 is 1.04 bits per heavy atom. The lowest BCUT2D eigenvalue weighted by Gasteiger charge is -2.20. The summed E-state index contributed by atoms with van der Waals surface area (Å²) in [6.45, 7) is 11.1. The fourth-order valence-corrected chi connectivity index (χ4v) is 3.83. The summed E-state index contributed by atoms with van der Waals surface area (Å²) in [7, 11) is 0. The minimum Gasteiger partial charge on any atom is -0.348 e. The predicted molar refractivity (Wildman–Crippen MR) is 117 cm³/mol. The number of anilines is 1. The van der Waals surface area contributed by atoms with E-state index in [4.69, 9.17) is 0 Å². The molecule has 1 aromatic heterocycles. The van der Waals surface area contributed by atoms with Gasteiger partial charge in [-0.1, -0.05) is 58.2 Å². The quantitative estimate of drug-likeness (QED) is 0.589. The van der Waals surface area contributed by atoms with Crippen molar-refractivity contribution in [3.05, 3.63) is 62.6 Å². The minimum atomic E-state index is -0.298. The Morgan fingerprint density at radius 2 is 1.79 bits per heavy atom. The van der Waals surface area contributed by atoms with Crippen LogP contribution < -0.4 is 10.7 Å². The van der Waals surface area contributed by atoms with Gasteiger partial charge < -0.3 is 9.88 Å². The Kier molecular flexibility index (Phi) is 8.04. The number of para-hydroxylation sites is 1. The first-order valence-corrected chi connectivity index (χ1v) is 10.6. The second-order valence-corrected chi connectivity index (χ2v) is 7.45. The highest BCUT2D eigenvalue weighted by molar-refractivity contribution is 6.05. The van der Waals surface area contributed by atoms with E-state index < -0.39 is 0 Å². The van der Waals surface area contributed by atoms with Crippen LogP contribution in [0.25, 0.3) is 0 Å². The number of unbranched alkanes of at least 4 members (excludes halogenated alkanes) is 3. The number of nitrogens with one attached hydrogen (secondary N) is 1. The van der Waals surface area contributed by atoms with Crippen molar-refractivity contribution in [3.63, 3.8) is 0 Å². The van der Waals surface area contributed by atoms with Gasteiger partial charge in [0.1, 0.15) is 5.56 Å².